The summed E-state index contributed by atoms with van der Waals surface area (Å²) in [5, 5.41) is 11.3. The first-order valence-electron chi connectivity index (χ1n) is 7.16. The van der Waals surface area contributed by atoms with E-state index in [1.165, 1.54) is 6.42 Å². The van der Waals surface area contributed by atoms with E-state index in [4.69, 9.17) is 4.74 Å². The van der Waals surface area contributed by atoms with Crippen molar-refractivity contribution in [1.82, 2.24) is 4.98 Å². The number of fused-ring (bicyclic) bond motifs is 1. The lowest BCUT2D eigenvalue weighted by atomic mass is 9.90. The van der Waals surface area contributed by atoms with Crippen molar-refractivity contribution in [3.63, 3.8) is 0 Å². The topological polar surface area (TPSA) is 68.5 Å². The molecule has 2 unspecified atom stereocenters. The SMILES string of the molecule is Cc1cnc(N2CCOC3CCCCC32)c([N+](=O)[O-])c1. The lowest BCUT2D eigenvalue weighted by molar-refractivity contribution is -0.384. The summed E-state index contributed by atoms with van der Waals surface area (Å²) in [5.74, 6) is 0.501. The zero-order valence-electron chi connectivity index (χ0n) is 11.6. The van der Waals surface area contributed by atoms with Gasteiger partial charge in [-0.2, -0.15) is 0 Å². The maximum Gasteiger partial charge on any atom is 0.311 e. The summed E-state index contributed by atoms with van der Waals surface area (Å²) in [7, 11) is 0. The Morgan fingerprint density at radius 1 is 1.45 bits per heavy atom. The average Bonchev–Trinajstić information content (AvgIpc) is 2.46. The van der Waals surface area contributed by atoms with E-state index in [2.05, 4.69) is 9.88 Å². The molecule has 108 valence electrons. The highest BCUT2D eigenvalue weighted by molar-refractivity contribution is 5.59. The number of nitrogens with zero attached hydrogens (tertiary/aromatic N) is 3. The summed E-state index contributed by atoms with van der Waals surface area (Å²) in [5.41, 5.74) is 0.921. The Morgan fingerprint density at radius 2 is 2.25 bits per heavy atom. The van der Waals surface area contributed by atoms with E-state index in [0.29, 0.717) is 19.0 Å². The van der Waals surface area contributed by atoms with Crippen molar-refractivity contribution < 1.29 is 9.66 Å². The first-order valence-corrected chi connectivity index (χ1v) is 7.16. The number of nitro groups is 1. The number of ether oxygens (including phenoxy) is 1. The minimum Gasteiger partial charge on any atom is -0.374 e. The van der Waals surface area contributed by atoms with Crippen LogP contribution in [0.25, 0.3) is 0 Å². The molecule has 2 atom stereocenters. The molecule has 1 aromatic rings. The van der Waals surface area contributed by atoms with E-state index in [0.717, 1.165) is 24.8 Å². The molecule has 0 radical (unpaired) electrons. The second-order valence-corrected chi connectivity index (χ2v) is 5.57. The molecular formula is C14H19N3O3. The Bertz CT molecular complexity index is 518. The summed E-state index contributed by atoms with van der Waals surface area (Å²) in [6.45, 7) is 3.12. The van der Waals surface area contributed by atoms with Gasteiger partial charge in [-0.1, -0.05) is 12.8 Å². The van der Waals surface area contributed by atoms with Crippen molar-refractivity contribution in [3.8, 4) is 0 Å². The molecule has 0 bridgehead atoms. The van der Waals surface area contributed by atoms with Crippen molar-refractivity contribution >= 4 is 11.5 Å². The van der Waals surface area contributed by atoms with E-state index in [9.17, 15) is 10.1 Å². The molecule has 1 aromatic heterocycles. The van der Waals surface area contributed by atoms with Crippen molar-refractivity contribution in [1.29, 1.82) is 0 Å². The largest absolute Gasteiger partial charge is 0.374 e. The molecule has 2 aliphatic rings. The Kier molecular flexibility index (Phi) is 3.56. The Morgan fingerprint density at radius 3 is 3.05 bits per heavy atom. The third-order valence-electron chi connectivity index (χ3n) is 4.18. The third kappa shape index (κ3) is 2.35. The fourth-order valence-corrected chi connectivity index (χ4v) is 3.26. The van der Waals surface area contributed by atoms with Crippen LogP contribution in [0.1, 0.15) is 31.2 Å². The number of hydrogen-bond acceptors (Lipinski definition) is 5. The summed E-state index contributed by atoms with van der Waals surface area (Å²) in [6.07, 6.45) is 6.30. The normalized spacial score (nSPS) is 26.1. The second-order valence-electron chi connectivity index (χ2n) is 5.57. The van der Waals surface area contributed by atoms with Crippen LogP contribution in [-0.4, -0.2) is 35.2 Å². The molecule has 0 aromatic carbocycles. The van der Waals surface area contributed by atoms with Crippen LogP contribution in [0.15, 0.2) is 12.3 Å². The van der Waals surface area contributed by atoms with Gasteiger partial charge in [-0.3, -0.25) is 10.1 Å². The fraction of sp³-hybridized carbons (Fsp3) is 0.643. The number of pyridine rings is 1. The molecule has 1 saturated heterocycles. The molecule has 3 rings (SSSR count). The second kappa shape index (κ2) is 5.36. The van der Waals surface area contributed by atoms with Gasteiger partial charge >= 0.3 is 5.69 Å². The zero-order chi connectivity index (χ0) is 14.1. The van der Waals surface area contributed by atoms with E-state index < -0.39 is 0 Å². The molecule has 20 heavy (non-hydrogen) atoms. The van der Waals surface area contributed by atoms with Crippen LogP contribution in [0.4, 0.5) is 11.5 Å². The standard InChI is InChI=1S/C14H19N3O3/c1-10-8-12(17(18)19)14(15-9-10)16-6-7-20-13-5-3-2-4-11(13)16/h8-9,11,13H,2-7H2,1H3. The number of anilines is 1. The van der Waals surface area contributed by atoms with Gasteiger partial charge in [0.15, 0.2) is 0 Å². The molecule has 1 saturated carbocycles. The smallest absolute Gasteiger partial charge is 0.311 e. The minimum absolute atomic E-state index is 0.108. The molecule has 6 nitrogen and oxygen atoms in total. The maximum absolute atomic E-state index is 11.3. The Balaban J connectivity index is 1.96. The predicted octanol–water partition coefficient (Wildman–Crippen LogP) is 2.45. The van der Waals surface area contributed by atoms with E-state index in [-0.39, 0.29) is 22.8 Å². The number of aryl methyl sites for hydroxylation is 1. The van der Waals surface area contributed by atoms with Gasteiger partial charge in [0, 0.05) is 18.8 Å². The molecule has 2 heterocycles. The lowest BCUT2D eigenvalue weighted by Crippen LogP contribution is -2.53. The monoisotopic (exact) mass is 277 g/mol. The summed E-state index contributed by atoms with van der Waals surface area (Å²) in [4.78, 5) is 17.4. The van der Waals surface area contributed by atoms with Gasteiger partial charge in [0.05, 0.1) is 23.7 Å². The van der Waals surface area contributed by atoms with E-state index in [1.54, 1.807) is 12.3 Å². The van der Waals surface area contributed by atoms with Gasteiger partial charge in [0.25, 0.3) is 0 Å². The third-order valence-corrected chi connectivity index (χ3v) is 4.18. The van der Waals surface area contributed by atoms with Crippen LogP contribution in [0, 0.1) is 17.0 Å². The van der Waals surface area contributed by atoms with Gasteiger partial charge < -0.3 is 9.64 Å². The number of aromatic nitrogens is 1. The van der Waals surface area contributed by atoms with Gasteiger partial charge in [0.1, 0.15) is 0 Å². The summed E-state index contributed by atoms with van der Waals surface area (Å²) in [6, 6.07) is 1.83. The van der Waals surface area contributed by atoms with Crippen LogP contribution in [-0.2, 0) is 4.74 Å². The lowest BCUT2D eigenvalue weighted by Gasteiger charge is -2.44. The van der Waals surface area contributed by atoms with Crippen LogP contribution < -0.4 is 4.90 Å². The minimum atomic E-state index is -0.331. The number of hydrogen-bond donors (Lipinski definition) is 0. The highest BCUT2D eigenvalue weighted by Crippen LogP contribution is 2.35. The molecule has 6 heteroatoms. The molecule has 2 fully saturated rings. The zero-order valence-corrected chi connectivity index (χ0v) is 11.6. The van der Waals surface area contributed by atoms with Crippen molar-refractivity contribution in [2.24, 2.45) is 0 Å². The van der Waals surface area contributed by atoms with Crippen molar-refractivity contribution in [2.45, 2.75) is 44.8 Å². The summed E-state index contributed by atoms with van der Waals surface area (Å²) < 4.78 is 5.82. The highest BCUT2D eigenvalue weighted by atomic mass is 16.6. The van der Waals surface area contributed by atoms with Gasteiger partial charge in [0.2, 0.25) is 5.82 Å². The molecule has 0 amide bonds. The van der Waals surface area contributed by atoms with Crippen molar-refractivity contribution in [2.75, 3.05) is 18.1 Å². The highest BCUT2D eigenvalue weighted by Gasteiger charge is 2.37. The van der Waals surface area contributed by atoms with Crippen LogP contribution in [0.5, 0.6) is 0 Å². The molecule has 0 spiro atoms. The van der Waals surface area contributed by atoms with Crippen molar-refractivity contribution in [3.05, 3.63) is 27.9 Å². The Labute approximate surface area is 117 Å². The Hall–Kier alpha value is -1.69. The molecular weight excluding hydrogens is 258 g/mol. The van der Waals surface area contributed by atoms with Crippen LogP contribution >= 0.6 is 0 Å². The molecule has 1 aliphatic heterocycles. The number of rotatable bonds is 2. The predicted molar refractivity (Wildman–Crippen MR) is 75.0 cm³/mol. The van der Waals surface area contributed by atoms with Crippen LogP contribution in [0.2, 0.25) is 0 Å². The van der Waals surface area contributed by atoms with E-state index in [1.807, 2.05) is 6.92 Å². The van der Waals surface area contributed by atoms with Gasteiger partial charge in [-0.25, -0.2) is 4.98 Å². The van der Waals surface area contributed by atoms with Gasteiger partial charge in [-0.15, -0.1) is 0 Å². The average molecular weight is 277 g/mol. The number of morpholine rings is 1. The first kappa shape index (κ1) is 13.3. The fourth-order valence-electron chi connectivity index (χ4n) is 3.26. The molecule has 1 aliphatic carbocycles. The molecule has 0 N–H and O–H groups in total. The van der Waals surface area contributed by atoms with Crippen LogP contribution in [0.3, 0.4) is 0 Å². The van der Waals surface area contributed by atoms with Gasteiger partial charge in [-0.05, 0) is 25.3 Å². The first-order chi connectivity index (χ1) is 9.66. The summed E-state index contributed by atoms with van der Waals surface area (Å²) >= 11 is 0. The van der Waals surface area contributed by atoms with E-state index >= 15 is 0 Å². The quantitative estimate of drug-likeness (QED) is 0.613. The maximum atomic E-state index is 11.3.